The lowest BCUT2D eigenvalue weighted by atomic mass is 10.3. The maximum absolute atomic E-state index is 4.41. The molecule has 94 valence electrons. The average molecular weight is 260 g/mol. The Kier molecular flexibility index (Phi) is 4.15. The van der Waals surface area contributed by atoms with Crippen molar-refractivity contribution in [2.75, 3.05) is 12.4 Å². The zero-order valence-corrected chi connectivity index (χ0v) is 11.6. The highest BCUT2D eigenvalue weighted by molar-refractivity contribution is 7.98. The molecule has 1 N–H and O–H groups in total. The molecule has 18 heavy (non-hydrogen) atoms. The van der Waals surface area contributed by atoms with Crippen LogP contribution in [0.15, 0.2) is 29.6 Å². The Balaban J connectivity index is 2.06. The van der Waals surface area contributed by atoms with Gasteiger partial charge < -0.3 is 5.32 Å². The number of nitrogens with one attached hydrogen (secondary N) is 1. The van der Waals surface area contributed by atoms with E-state index in [0.29, 0.717) is 0 Å². The number of anilines is 1. The molecule has 0 amide bonds. The van der Waals surface area contributed by atoms with Crippen LogP contribution in [0, 0.1) is 13.8 Å². The zero-order chi connectivity index (χ0) is 13.0. The summed E-state index contributed by atoms with van der Waals surface area (Å²) in [6, 6.07) is 6.03. The molecule has 4 nitrogen and oxygen atoms in total. The standard InChI is InChI=1S/C13H16N4S/c1-9-6-10(2)17-13(16-9)18-8-11-4-5-15-12(7-11)14-3/h4-7H,8H2,1-3H3,(H,14,15). The first-order chi connectivity index (χ1) is 8.67. The van der Waals surface area contributed by atoms with Crippen LogP contribution < -0.4 is 5.32 Å². The fourth-order valence-corrected chi connectivity index (χ4v) is 2.50. The van der Waals surface area contributed by atoms with Gasteiger partial charge in [-0.1, -0.05) is 11.8 Å². The third-order valence-electron chi connectivity index (χ3n) is 2.41. The molecule has 0 aliphatic rings. The van der Waals surface area contributed by atoms with Crippen LogP contribution in [0.1, 0.15) is 17.0 Å². The molecule has 0 saturated heterocycles. The van der Waals surface area contributed by atoms with E-state index in [2.05, 4.69) is 20.3 Å². The normalized spacial score (nSPS) is 10.4. The minimum atomic E-state index is 0.829. The van der Waals surface area contributed by atoms with Gasteiger partial charge in [-0.3, -0.25) is 0 Å². The topological polar surface area (TPSA) is 50.7 Å². The molecule has 0 aliphatic heterocycles. The van der Waals surface area contributed by atoms with E-state index in [0.717, 1.165) is 28.1 Å². The summed E-state index contributed by atoms with van der Waals surface area (Å²) in [6.07, 6.45) is 1.81. The molecule has 0 aromatic carbocycles. The second-order valence-corrected chi connectivity index (χ2v) is 4.96. The highest BCUT2D eigenvalue weighted by atomic mass is 32.2. The van der Waals surface area contributed by atoms with Gasteiger partial charge in [-0.05, 0) is 37.6 Å². The van der Waals surface area contributed by atoms with Crippen molar-refractivity contribution in [2.24, 2.45) is 0 Å². The van der Waals surface area contributed by atoms with Crippen LogP contribution in [0.4, 0.5) is 5.82 Å². The first-order valence-corrected chi connectivity index (χ1v) is 6.73. The Morgan fingerprint density at radius 2 is 1.89 bits per heavy atom. The van der Waals surface area contributed by atoms with Crippen LogP contribution in [-0.4, -0.2) is 22.0 Å². The fourth-order valence-electron chi connectivity index (χ4n) is 1.61. The van der Waals surface area contributed by atoms with Gasteiger partial charge in [0.15, 0.2) is 5.16 Å². The Morgan fingerprint density at radius 1 is 1.17 bits per heavy atom. The van der Waals surface area contributed by atoms with Crippen LogP contribution in [-0.2, 0) is 5.75 Å². The monoisotopic (exact) mass is 260 g/mol. The van der Waals surface area contributed by atoms with Gasteiger partial charge in [-0.25, -0.2) is 15.0 Å². The maximum Gasteiger partial charge on any atom is 0.188 e. The van der Waals surface area contributed by atoms with Crippen LogP contribution in [0.5, 0.6) is 0 Å². The number of rotatable bonds is 4. The van der Waals surface area contributed by atoms with Gasteiger partial charge in [0.2, 0.25) is 0 Å². The Bertz CT molecular complexity index is 522. The predicted molar refractivity (Wildman–Crippen MR) is 74.9 cm³/mol. The van der Waals surface area contributed by atoms with Gasteiger partial charge in [0.25, 0.3) is 0 Å². The Morgan fingerprint density at radius 3 is 2.56 bits per heavy atom. The van der Waals surface area contributed by atoms with Gasteiger partial charge in [0.1, 0.15) is 5.82 Å². The Labute approximate surface area is 111 Å². The minimum Gasteiger partial charge on any atom is -0.373 e. The summed E-state index contributed by atoms with van der Waals surface area (Å²) in [5.41, 5.74) is 3.23. The van der Waals surface area contributed by atoms with E-state index in [1.54, 1.807) is 11.8 Å². The largest absolute Gasteiger partial charge is 0.373 e. The lowest BCUT2D eigenvalue weighted by Crippen LogP contribution is -1.95. The fraction of sp³-hybridized carbons (Fsp3) is 0.308. The van der Waals surface area contributed by atoms with E-state index in [1.165, 1.54) is 5.56 Å². The van der Waals surface area contributed by atoms with E-state index >= 15 is 0 Å². The number of pyridine rings is 1. The van der Waals surface area contributed by atoms with E-state index in [-0.39, 0.29) is 0 Å². The smallest absolute Gasteiger partial charge is 0.188 e. The van der Waals surface area contributed by atoms with Crippen molar-refractivity contribution < 1.29 is 0 Å². The van der Waals surface area contributed by atoms with Crippen LogP contribution in [0.25, 0.3) is 0 Å². The second-order valence-electron chi connectivity index (χ2n) is 4.02. The van der Waals surface area contributed by atoms with Crippen molar-refractivity contribution in [3.63, 3.8) is 0 Å². The summed E-state index contributed by atoms with van der Waals surface area (Å²) in [5, 5.41) is 3.86. The van der Waals surface area contributed by atoms with E-state index in [4.69, 9.17) is 0 Å². The average Bonchev–Trinajstić information content (AvgIpc) is 2.35. The minimum absolute atomic E-state index is 0.829. The molecule has 0 spiro atoms. The van der Waals surface area contributed by atoms with Gasteiger partial charge in [0.05, 0.1) is 0 Å². The first-order valence-electron chi connectivity index (χ1n) is 5.75. The summed E-state index contributed by atoms with van der Waals surface area (Å²) >= 11 is 1.64. The van der Waals surface area contributed by atoms with Crippen molar-refractivity contribution in [2.45, 2.75) is 24.8 Å². The zero-order valence-electron chi connectivity index (χ0n) is 10.8. The molecule has 0 fully saturated rings. The van der Waals surface area contributed by atoms with E-state index < -0.39 is 0 Å². The third-order valence-corrected chi connectivity index (χ3v) is 3.33. The van der Waals surface area contributed by atoms with Crippen molar-refractivity contribution in [3.8, 4) is 0 Å². The number of hydrogen-bond acceptors (Lipinski definition) is 5. The van der Waals surface area contributed by atoms with Crippen molar-refractivity contribution >= 4 is 17.6 Å². The lowest BCUT2D eigenvalue weighted by Gasteiger charge is -2.04. The molecule has 2 aromatic heterocycles. The number of aryl methyl sites for hydroxylation is 2. The molecule has 0 bridgehead atoms. The summed E-state index contributed by atoms with van der Waals surface area (Å²) < 4.78 is 0. The van der Waals surface area contributed by atoms with Crippen molar-refractivity contribution in [1.29, 1.82) is 0 Å². The molecule has 2 aromatic rings. The quantitative estimate of drug-likeness (QED) is 0.676. The van der Waals surface area contributed by atoms with Crippen molar-refractivity contribution in [1.82, 2.24) is 15.0 Å². The summed E-state index contributed by atoms with van der Waals surface area (Å²) in [7, 11) is 1.87. The third kappa shape index (κ3) is 3.43. The summed E-state index contributed by atoms with van der Waals surface area (Å²) in [4.78, 5) is 13.0. The van der Waals surface area contributed by atoms with Gasteiger partial charge >= 0.3 is 0 Å². The van der Waals surface area contributed by atoms with Crippen LogP contribution in [0.2, 0.25) is 0 Å². The molecule has 0 unspecified atom stereocenters. The van der Waals surface area contributed by atoms with Gasteiger partial charge in [-0.15, -0.1) is 0 Å². The molecule has 2 heterocycles. The lowest BCUT2D eigenvalue weighted by molar-refractivity contribution is 0.902. The first kappa shape index (κ1) is 12.8. The van der Waals surface area contributed by atoms with Crippen molar-refractivity contribution in [3.05, 3.63) is 41.3 Å². The summed E-state index contributed by atoms with van der Waals surface area (Å²) in [6.45, 7) is 3.98. The van der Waals surface area contributed by atoms with Gasteiger partial charge in [-0.2, -0.15) is 0 Å². The number of thioether (sulfide) groups is 1. The number of aromatic nitrogens is 3. The van der Waals surface area contributed by atoms with Crippen LogP contribution in [0.3, 0.4) is 0 Å². The summed E-state index contributed by atoms with van der Waals surface area (Å²) in [5.74, 6) is 1.73. The second kappa shape index (κ2) is 5.82. The predicted octanol–water partition coefficient (Wildman–Crippen LogP) is 2.82. The van der Waals surface area contributed by atoms with E-state index in [1.807, 2.05) is 45.3 Å². The number of nitrogens with zero attached hydrogens (tertiary/aromatic N) is 3. The van der Waals surface area contributed by atoms with Crippen LogP contribution >= 0.6 is 11.8 Å². The maximum atomic E-state index is 4.41. The SMILES string of the molecule is CNc1cc(CSc2nc(C)cc(C)n2)ccn1. The molecular weight excluding hydrogens is 244 g/mol. The molecule has 5 heteroatoms. The van der Waals surface area contributed by atoms with Gasteiger partial charge in [0, 0.05) is 30.4 Å². The highest BCUT2D eigenvalue weighted by Crippen LogP contribution is 2.20. The molecule has 0 atom stereocenters. The Hall–Kier alpha value is -1.62. The molecular formula is C13H16N4S. The molecule has 0 radical (unpaired) electrons. The van der Waals surface area contributed by atoms with E-state index in [9.17, 15) is 0 Å². The highest BCUT2D eigenvalue weighted by Gasteiger charge is 2.02. The molecule has 0 saturated carbocycles. The number of hydrogen-bond donors (Lipinski definition) is 1. The molecule has 0 aliphatic carbocycles. The molecule has 2 rings (SSSR count).